The summed E-state index contributed by atoms with van der Waals surface area (Å²) < 4.78 is 1.98. The predicted molar refractivity (Wildman–Crippen MR) is 125 cm³/mol. The summed E-state index contributed by atoms with van der Waals surface area (Å²) in [5, 5.41) is 4.76. The van der Waals surface area contributed by atoms with E-state index in [2.05, 4.69) is 50.4 Å². The summed E-state index contributed by atoms with van der Waals surface area (Å²) >= 11 is 6.06. The van der Waals surface area contributed by atoms with Crippen LogP contribution in [0.15, 0.2) is 78.9 Å². The fraction of sp³-hybridized carbons (Fsp3) is 0.192. The molecule has 4 aromatic rings. The number of benzene rings is 3. The number of hydrogen-bond donors (Lipinski definition) is 1. The number of hydrogen-bond acceptors (Lipinski definition) is 1. The molecule has 0 saturated heterocycles. The van der Waals surface area contributed by atoms with E-state index < -0.39 is 0 Å². The van der Waals surface area contributed by atoms with Crippen LogP contribution in [0.2, 0.25) is 5.02 Å². The summed E-state index contributed by atoms with van der Waals surface area (Å²) in [6.07, 6.45) is 0. The first-order chi connectivity index (χ1) is 14.3. The molecule has 0 saturated carbocycles. The first-order valence-corrected chi connectivity index (χ1v) is 10.4. The van der Waals surface area contributed by atoms with Gasteiger partial charge in [0.05, 0.1) is 5.52 Å². The molecular formula is C26H25ClN2O. The number of fused-ring (bicyclic) bond motifs is 1. The van der Waals surface area contributed by atoms with Gasteiger partial charge in [0.1, 0.15) is 5.69 Å². The number of nitrogens with zero attached hydrogens (tertiary/aromatic N) is 1. The van der Waals surface area contributed by atoms with Crippen LogP contribution >= 0.6 is 11.6 Å². The Bertz CT molecular complexity index is 1180. The molecule has 1 heterocycles. The lowest BCUT2D eigenvalue weighted by atomic mass is 9.87. The van der Waals surface area contributed by atoms with E-state index >= 15 is 0 Å². The van der Waals surface area contributed by atoms with Crippen molar-refractivity contribution >= 4 is 28.4 Å². The standard InChI is InChI=1S/C26H25ClN2O/c1-26(2,3)20-10-8-18(9-11-20)17-28-25(30)24-16-19-6-4-5-7-23(19)29(24)22-14-12-21(27)13-15-22/h4-16H,17H2,1-3H3,(H,28,30). The third-order valence-electron chi connectivity index (χ3n) is 5.30. The van der Waals surface area contributed by atoms with Crippen LogP contribution in [0.1, 0.15) is 42.4 Å². The molecule has 152 valence electrons. The molecule has 1 N–H and O–H groups in total. The van der Waals surface area contributed by atoms with Crippen LogP contribution in [0.25, 0.3) is 16.6 Å². The van der Waals surface area contributed by atoms with Crippen LogP contribution in [0.4, 0.5) is 0 Å². The second-order valence-electron chi connectivity index (χ2n) is 8.53. The van der Waals surface area contributed by atoms with Gasteiger partial charge >= 0.3 is 0 Å². The molecule has 0 bridgehead atoms. The SMILES string of the molecule is CC(C)(C)c1ccc(CNC(=O)c2cc3ccccc3n2-c2ccc(Cl)cc2)cc1. The summed E-state index contributed by atoms with van der Waals surface area (Å²) in [6.45, 7) is 7.06. The van der Waals surface area contributed by atoms with E-state index in [1.165, 1.54) is 5.56 Å². The third kappa shape index (κ3) is 4.12. The lowest BCUT2D eigenvalue weighted by molar-refractivity contribution is 0.0944. The van der Waals surface area contributed by atoms with Crippen LogP contribution in [-0.2, 0) is 12.0 Å². The van der Waals surface area contributed by atoms with E-state index in [0.29, 0.717) is 17.3 Å². The van der Waals surface area contributed by atoms with Crippen molar-refractivity contribution in [2.75, 3.05) is 0 Å². The van der Waals surface area contributed by atoms with Gasteiger partial charge in [-0.05, 0) is 52.9 Å². The summed E-state index contributed by atoms with van der Waals surface area (Å²) in [7, 11) is 0. The van der Waals surface area contributed by atoms with Crippen molar-refractivity contribution in [3.63, 3.8) is 0 Å². The van der Waals surface area contributed by atoms with Crippen LogP contribution in [-0.4, -0.2) is 10.5 Å². The maximum Gasteiger partial charge on any atom is 0.268 e. The Hall–Kier alpha value is -3.04. The predicted octanol–water partition coefficient (Wildman–Crippen LogP) is 6.51. The minimum Gasteiger partial charge on any atom is -0.347 e. The zero-order valence-electron chi connectivity index (χ0n) is 17.4. The Morgan fingerprint density at radius 1 is 0.933 bits per heavy atom. The van der Waals surface area contributed by atoms with Crippen molar-refractivity contribution in [3.8, 4) is 5.69 Å². The van der Waals surface area contributed by atoms with Gasteiger partial charge in [-0.1, -0.05) is 74.8 Å². The molecule has 4 rings (SSSR count). The quantitative estimate of drug-likeness (QED) is 0.404. The van der Waals surface area contributed by atoms with Crippen LogP contribution < -0.4 is 5.32 Å². The van der Waals surface area contributed by atoms with E-state index in [1.54, 1.807) is 0 Å². The van der Waals surface area contributed by atoms with Gasteiger partial charge in [-0.15, -0.1) is 0 Å². The molecule has 3 nitrogen and oxygen atoms in total. The minimum absolute atomic E-state index is 0.110. The lowest BCUT2D eigenvalue weighted by Crippen LogP contribution is -2.25. The van der Waals surface area contributed by atoms with Gasteiger partial charge in [0, 0.05) is 22.6 Å². The minimum atomic E-state index is -0.110. The molecule has 0 radical (unpaired) electrons. The maximum atomic E-state index is 13.1. The molecule has 0 aliphatic rings. The van der Waals surface area contributed by atoms with Crippen molar-refractivity contribution in [3.05, 3.63) is 101 Å². The fourth-order valence-electron chi connectivity index (χ4n) is 3.59. The number of carbonyl (C=O) groups is 1. The Morgan fingerprint density at radius 2 is 1.60 bits per heavy atom. The van der Waals surface area contributed by atoms with Gasteiger partial charge in [-0.2, -0.15) is 0 Å². The first kappa shape index (κ1) is 20.2. The van der Waals surface area contributed by atoms with Crippen molar-refractivity contribution in [2.45, 2.75) is 32.7 Å². The van der Waals surface area contributed by atoms with Gasteiger partial charge < -0.3 is 9.88 Å². The second kappa shape index (κ2) is 8.00. The molecule has 0 aliphatic heterocycles. The Kier molecular flexibility index (Phi) is 5.40. The smallest absolute Gasteiger partial charge is 0.268 e. The molecule has 3 aromatic carbocycles. The highest BCUT2D eigenvalue weighted by Gasteiger charge is 2.17. The molecule has 1 amide bonds. The summed E-state index contributed by atoms with van der Waals surface area (Å²) in [4.78, 5) is 13.1. The number of aromatic nitrogens is 1. The van der Waals surface area contributed by atoms with Gasteiger partial charge in [-0.25, -0.2) is 0 Å². The highest BCUT2D eigenvalue weighted by Crippen LogP contribution is 2.26. The number of halogens is 1. The van der Waals surface area contributed by atoms with Crippen LogP contribution in [0, 0.1) is 0 Å². The van der Waals surface area contributed by atoms with E-state index in [1.807, 2.05) is 59.2 Å². The van der Waals surface area contributed by atoms with Crippen molar-refractivity contribution in [2.24, 2.45) is 0 Å². The summed E-state index contributed by atoms with van der Waals surface area (Å²) in [5.74, 6) is -0.110. The Balaban J connectivity index is 1.62. The maximum absolute atomic E-state index is 13.1. The van der Waals surface area contributed by atoms with E-state index in [4.69, 9.17) is 11.6 Å². The van der Waals surface area contributed by atoms with Gasteiger partial charge in [0.15, 0.2) is 0 Å². The number of nitrogens with one attached hydrogen (secondary N) is 1. The van der Waals surface area contributed by atoms with Crippen molar-refractivity contribution in [1.82, 2.24) is 9.88 Å². The number of amides is 1. The summed E-state index contributed by atoms with van der Waals surface area (Å²) in [5.41, 5.74) is 4.96. The average Bonchev–Trinajstić information content (AvgIpc) is 3.12. The summed E-state index contributed by atoms with van der Waals surface area (Å²) in [6, 6.07) is 25.9. The van der Waals surface area contributed by atoms with E-state index in [-0.39, 0.29) is 11.3 Å². The van der Waals surface area contributed by atoms with Gasteiger partial charge in [0.25, 0.3) is 5.91 Å². The normalized spacial score (nSPS) is 11.6. The average molecular weight is 417 g/mol. The highest BCUT2D eigenvalue weighted by atomic mass is 35.5. The van der Waals surface area contributed by atoms with E-state index in [9.17, 15) is 4.79 Å². The Labute approximate surface area is 182 Å². The van der Waals surface area contributed by atoms with Crippen LogP contribution in [0.5, 0.6) is 0 Å². The zero-order chi connectivity index (χ0) is 21.3. The Morgan fingerprint density at radius 3 is 2.27 bits per heavy atom. The number of para-hydroxylation sites is 1. The highest BCUT2D eigenvalue weighted by molar-refractivity contribution is 6.30. The van der Waals surface area contributed by atoms with Crippen molar-refractivity contribution in [1.29, 1.82) is 0 Å². The largest absolute Gasteiger partial charge is 0.347 e. The molecule has 1 aromatic heterocycles. The molecule has 0 aliphatic carbocycles. The molecular weight excluding hydrogens is 392 g/mol. The molecule has 0 atom stereocenters. The molecule has 4 heteroatoms. The lowest BCUT2D eigenvalue weighted by Gasteiger charge is -2.19. The first-order valence-electron chi connectivity index (χ1n) is 10.1. The van der Waals surface area contributed by atoms with Crippen LogP contribution in [0.3, 0.4) is 0 Å². The third-order valence-corrected chi connectivity index (χ3v) is 5.55. The van der Waals surface area contributed by atoms with E-state index in [0.717, 1.165) is 22.2 Å². The monoisotopic (exact) mass is 416 g/mol. The molecule has 0 spiro atoms. The molecule has 30 heavy (non-hydrogen) atoms. The van der Waals surface area contributed by atoms with Gasteiger partial charge in [0.2, 0.25) is 0 Å². The van der Waals surface area contributed by atoms with Crippen molar-refractivity contribution < 1.29 is 4.79 Å². The topological polar surface area (TPSA) is 34.0 Å². The molecule has 0 unspecified atom stereocenters. The molecule has 0 fully saturated rings. The second-order valence-corrected chi connectivity index (χ2v) is 8.97. The number of carbonyl (C=O) groups excluding carboxylic acids is 1. The van der Waals surface area contributed by atoms with Gasteiger partial charge in [-0.3, -0.25) is 4.79 Å². The number of rotatable bonds is 4. The zero-order valence-corrected chi connectivity index (χ0v) is 18.2. The fourth-order valence-corrected chi connectivity index (χ4v) is 3.71.